The molecule has 0 spiro atoms. The molecule has 2 fully saturated rings. The van der Waals surface area contributed by atoms with Crippen LogP contribution in [0.4, 0.5) is 0 Å². The zero-order chi connectivity index (χ0) is 18.7. The van der Waals surface area contributed by atoms with E-state index < -0.39 is 0 Å². The highest BCUT2D eigenvalue weighted by atomic mass is 16.5. The second-order valence-corrected chi connectivity index (χ2v) is 8.18. The summed E-state index contributed by atoms with van der Waals surface area (Å²) >= 11 is 0. The number of benzene rings is 1. The van der Waals surface area contributed by atoms with E-state index in [2.05, 4.69) is 37.1 Å². The third-order valence-corrected chi connectivity index (χ3v) is 5.99. The number of rotatable bonds is 7. The van der Waals surface area contributed by atoms with Gasteiger partial charge in [0.25, 0.3) is 0 Å². The lowest BCUT2D eigenvalue weighted by Gasteiger charge is -2.41. The number of carbonyl (C=O) groups is 1. The molecule has 0 unspecified atom stereocenters. The molecular weight excluding hydrogens is 326 g/mol. The maximum absolute atomic E-state index is 12.1. The van der Waals surface area contributed by atoms with Crippen molar-refractivity contribution in [2.24, 2.45) is 0 Å². The van der Waals surface area contributed by atoms with Crippen LogP contribution >= 0.6 is 0 Å². The Kier molecular flexibility index (Phi) is 5.91. The second kappa shape index (κ2) is 7.99. The summed E-state index contributed by atoms with van der Waals surface area (Å²) in [6.45, 7) is 8.01. The molecule has 0 bridgehead atoms. The van der Waals surface area contributed by atoms with Crippen molar-refractivity contribution >= 4 is 5.78 Å². The molecule has 0 amide bonds. The molecule has 3 rings (SSSR count). The van der Waals surface area contributed by atoms with Crippen LogP contribution in [0.15, 0.2) is 18.2 Å². The van der Waals surface area contributed by atoms with Crippen LogP contribution in [0.1, 0.15) is 64.9 Å². The Hall–Kier alpha value is -1.55. The number of likely N-dealkylation sites (tertiary alicyclic amines) is 1. The van der Waals surface area contributed by atoms with Crippen LogP contribution in [-0.4, -0.2) is 43.0 Å². The predicted molar refractivity (Wildman–Crippen MR) is 104 cm³/mol. The average molecular weight is 360 g/mol. The van der Waals surface area contributed by atoms with Crippen LogP contribution in [-0.2, 0) is 10.2 Å². The molecule has 26 heavy (non-hydrogen) atoms. The first kappa shape index (κ1) is 19.2. The van der Waals surface area contributed by atoms with Crippen molar-refractivity contribution < 1.29 is 14.3 Å². The third-order valence-electron chi connectivity index (χ3n) is 5.99. The Morgan fingerprint density at radius 3 is 2.81 bits per heavy atom. The Morgan fingerprint density at radius 2 is 2.08 bits per heavy atom. The number of carbonyl (C=O) groups excluding carboxylic acids is 1. The van der Waals surface area contributed by atoms with Gasteiger partial charge in [0, 0.05) is 24.3 Å². The Labute approximate surface area is 157 Å². The van der Waals surface area contributed by atoms with Gasteiger partial charge >= 0.3 is 0 Å². The molecule has 0 N–H and O–H groups in total. The molecule has 1 heterocycles. The number of fused-ring (bicyclic) bond motifs is 1. The van der Waals surface area contributed by atoms with Crippen molar-refractivity contribution in [2.45, 2.75) is 76.9 Å². The number of ether oxygens (including phenoxy) is 2. The second-order valence-electron chi connectivity index (χ2n) is 8.18. The van der Waals surface area contributed by atoms with E-state index in [4.69, 9.17) is 9.47 Å². The molecule has 1 aliphatic carbocycles. The van der Waals surface area contributed by atoms with Gasteiger partial charge in [-0.05, 0) is 64.4 Å². The number of nitrogens with zero attached hydrogens (tertiary/aromatic N) is 1. The Bertz CT molecular complexity index is 642. The fourth-order valence-corrected chi connectivity index (χ4v) is 4.53. The summed E-state index contributed by atoms with van der Waals surface area (Å²) in [7, 11) is 2.15. The van der Waals surface area contributed by atoms with E-state index in [-0.39, 0.29) is 11.5 Å². The maximum atomic E-state index is 12.1. The van der Waals surface area contributed by atoms with E-state index in [1.165, 1.54) is 5.56 Å². The zero-order valence-corrected chi connectivity index (χ0v) is 16.7. The highest BCUT2D eigenvalue weighted by molar-refractivity contribution is 5.81. The summed E-state index contributed by atoms with van der Waals surface area (Å²) in [4.78, 5) is 14.4. The quantitative estimate of drug-likeness (QED) is 0.679. The minimum atomic E-state index is 0.0713. The van der Waals surface area contributed by atoms with Gasteiger partial charge in [0.05, 0.1) is 12.7 Å². The minimum Gasteiger partial charge on any atom is -0.490 e. The summed E-state index contributed by atoms with van der Waals surface area (Å²) in [6.07, 6.45) is 5.69. The van der Waals surface area contributed by atoms with Crippen LogP contribution in [0.3, 0.4) is 0 Å². The molecule has 4 nitrogen and oxygen atoms in total. The predicted octanol–water partition coefficient (Wildman–Crippen LogP) is 4.35. The highest BCUT2D eigenvalue weighted by Crippen LogP contribution is 2.49. The SMILES string of the molecule is CCCCOc1cc([C@@]23CCC(=O)C[C@@H]2N(C)CC3)ccc1OC(C)C. The van der Waals surface area contributed by atoms with Crippen molar-refractivity contribution in [1.82, 2.24) is 4.90 Å². The summed E-state index contributed by atoms with van der Waals surface area (Å²) in [5.41, 5.74) is 1.38. The van der Waals surface area contributed by atoms with E-state index >= 15 is 0 Å². The molecule has 144 valence electrons. The molecule has 1 aromatic rings. The molecule has 1 saturated carbocycles. The van der Waals surface area contributed by atoms with Gasteiger partial charge in [-0.3, -0.25) is 4.79 Å². The van der Waals surface area contributed by atoms with E-state index in [1.807, 2.05) is 13.8 Å². The number of likely N-dealkylation sites (N-methyl/N-ethyl adjacent to an activating group) is 1. The van der Waals surface area contributed by atoms with Gasteiger partial charge in [-0.15, -0.1) is 0 Å². The van der Waals surface area contributed by atoms with E-state index in [0.29, 0.717) is 31.3 Å². The van der Waals surface area contributed by atoms with Crippen molar-refractivity contribution in [2.75, 3.05) is 20.2 Å². The highest BCUT2D eigenvalue weighted by Gasteiger charge is 2.50. The summed E-state index contributed by atoms with van der Waals surface area (Å²) in [6, 6.07) is 6.77. The van der Waals surface area contributed by atoms with Gasteiger partial charge in [0.1, 0.15) is 5.78 Å². The van der Waals surface area contributed by atoms with Crippen LogP contribution in [0, 0.1) is 0 Å². The summed E-state index contributed by atoms with van der Waals surface area (Å²) in [5.74, 6) is 2.08. The first-order valence-corrected chi connectivity index (χ1v) is 10.1. The van der Waals surface area contributed by atoms with Gasteiger partial charge in [0.15, 0.2) is 11.5 Å². The largest absolute Gasteiger partial charge is 0.490 e. The van der Waals surface area contributed by atoms with Crippen LogP contribution in [0.2, 0.25) is 0 Å². The Morgan fingerprint density at radius 1 is 1.27 bits per heavy atom. The summed E-state index contributed by atoms with van der Waals surface area (Å²) in [5, 5.41) is 0. The molecule has 1 saturated heterocycles. The van der Waals surface area contributed by atoms with Crippen molar-refractivity contribution in [3.8, 4) is 11.5 Å². The smallest absolute Gasteiger partial charge is 0.161 e. The van der Waals surface area contributed by atoms with Crippen LogP contribution in [0.5, 0.6) is 11.5 Å². The normalized spacial score (nSPS) is 26.2. The standard InChI is InChI=1S/C22H33NO3/c1-5-6-13-25-20-14-17(7-8-19(20)26-16(2)3)22-10-9-18(24)15-21(22)23(4)12-11-22/h7-8,14,16,21H,5-6,9-13,15H2,1-4H3/t21-,22-/m0/s1. The molecule has 2 atom stereocenters. The number of Topliss-reactive ketones (excluding diaryl/α,β-unsaturated/α-hetero) is 1. The van der Waals surface area contributed by atoms with Crippen molar-refractivity contribution in [3.05, 3.63) is 23.8 Å². The lowest BCUT2D eigenvalue weighted by atomic mass is 9.66. The van der Waals surface area contributed by atoms with Gasteiger partial charge in [-0.2, -0.15) is 0 Å². The lowest BCUT2D eigenvalue weighted by molar-refractivity contribution is -0.122. The van der Waals surface area contributed by atoms with E-state index in [1.54, 1.807) is 0 Å². The molecular formula is C22H33NO3. The average Bonchev–Trinajstić information content (AvgIpc) is 2.94. The minimum absolute atomic E-state index is 0.0713. The first-order valence-electron chi connectivity index (χ1n) is 10.1. The first-order chi connectivity index (χ1) is 12.5. The van der Waals surface area contributed by atoms with Gasteiger partial charge < -0.3 is 14.4 Å². The topological polar surface area (TPSA) is 38.8 Å². The summed E-state index contributed by atoms with van der Waals surface area (Å²) < 4.78 is 12.1. The Balaban J connectivity index is 1.93. The van der Waals surface area contributed by atoms with Crippen molar-refractivity contribution in [1.29, 1.82) is 0 Å². The molecule has 0 radical (unpaired) electrons. The molecule has 2 aliphatic rings. The lowest BCUT2D eigenvalue weighted by Crippen LogP contribution is -2.46. The molecule has 1 aliphatic heterocycles. The fourth-order valence-electron chi connectivity index (χ4n) is 4.53. The third kappa shape index (κ3) is 3.75. The van der Waals surface area contributed by atoms with E-state index in [0.717, 1.165) is 43.7 Å². The number of unbranched alkanes of at least 4 members (excludes halogenated alkanes) is 1. The zero-order valence-electron chi connectivity index (χ0n) is 16.7. The van der Waals surface area contributed by atoms with E-state index in [9.17, 15) is 4.79 Å². The van der Waals surface area contributed by atoms with Crippen molar-refractivity contribution in [3.63, 3.8) is 0 Å². The van der Waals surface area contributed by atoms with Crippen LogP contribution < -0.4 is 9.47 Å². The number of hydrogen-bond donors (Lipinski definition) is 0. The number of ketones is 1. The molecule has 1 aromatic carbocycles. The molecule has 4 heteroatoms. The fraction of sp³-hybridized carbons (Fsp3) is 0.682. The van der Waals surface area contributed by atoms with Gasteiger partial charge in [0.2, 0.25) is 0 Å². The van der Waals surface area contributed by atoms with Crippen LogP contribution in [0.25, 0.3) is 0 Å². The monoisotopic (exact) mass is 359 g/mol. The number of hydrogen-bond acceptors (Lipinski definition) is 4. The maximum Gasteiger partial charge on any atom is 0.161 e. The molecule has 0 aromatic heterocycles. The van der Waals surface area contributed by atoms with Gasteiger partial charge in [-0.1, -0.05) is 19.4 Å². The van der Waals surface area contributed by atoms with Gasteiger partial charge in [-0.25, -0.2) is 0 Å².